The van der Waals surface area contributed by atoms with E-state index in [2.05, 4.69) is 6.07 Å². The molecule has 0 radical (unpaired) electrons. The van der Waals surface area contributed by atoms with Crippen LogP contribution >= 0.6 is 11.6 Å². The summed E-state index contributed by atoms with van der Waals surface area (Å²) in [6.45, 7) is 1.97. The van der Waals surface area contributed by atoms with E-state index in [1.807, 2.05) is 6.07 Å². The van der Waals surface area contributed by atoms with Gasteiger partial charge in [-0.2, -0.15) is 10.5 Å². The third kappa shape index (κ3) is 3.13. The Labute approximate surface area is 127 Å². The highest BCUT2D eigenvalue weighted by atomic mass is 35.5. The third-order valence-electron chi connectivity index (χ3n) is 3.11. The minimum atomic E-state index is -0.382. The lowest BCUT2D eigenvalue weighted by Gasteiger charge is -2.14. The van der Waals surface area contributed by atoms with Crippen molar-refractivity contribution in [3.63, 3.8) is 0 Å². The van der Waals surface area contributed by atoms with Gasteiger partial charge in [0.1, 0.15) is 11.6 Å². The fraction of sp³-hybridized carbons (Fsp3) is 0.188. The molecule has 0 saturated carbocycles. The van der Waals surface area contributed by atoms with E-state index in [1.165, 1.54) is 10.6 Å². The lowest BCUT2D eigenvalue weighted by atomic mass is 10.1. The Kier molecular flexibility index (Phi) is 4.42. The van der Waals surface area contributed by atoms with Crippen molar-refractivity contribution in [1.82, 2.24) is 4.57 Å². The fourth-order valence-corrected chi connectivity index (χ4v) is 2.16. The summed E-state index contributed by atoms with van der Waals surface area (Å²) < 4.78 is 1.47. The van der Waals surface area contributed by atoms with E-state index in [0.717, 1.165) is 5.56 Å². The maximum Gasteiger partial charge on any atom is 0.268 e. The average molecular weight is 298 g/mol. The minimum absolute atomic E-state index is 0.0675. The molecule has 4 nitrogen and oxygen atoms in total. The standard InChI is InChI=1S/C16H12ClN3O/c1-11(8-18)10-20-15(7-4-13(9-19)16(20)21)12-2-5-14(17)6-3-12/h2-7,11H,10H2,1H3. The van der Waals surface area contributed by atoms with Gasteiger partial charge in [0.2, 0.25) is 0 Å². The van der Waals surface area contributed by atoms with Crippen LogP contribution in [0, 0.1) is 28.6 Å². The van der Waals surface area contributed by atoms with Crippen molar-refractivity contribution < 1.29 is 0 Å². The minimum Gasteiger partial charge on any atom is -0.306 e. The van der Waals surface area contributed by atoms with E-state index >= 15 is 0 Å². The summed E-state index contributed by atoms with van der Waals surface area (Å²) >= 11 is 5.87. The number of pyridine rings is 1. The van der Waals surface area contributed by atoms with Crippen LogP contribution < -0.4 is 5.56 Å². The molecule has 0 N–H and O–H groups in total. The van der Waals surface area contributed by atoms with Crippen molar-refractivity contribution in [2.45, 2.75) is 13.5 Å². The van der Waals surface area contributed by atoms with E-state index in [9.17, 15) is 4.79 Å². The van der Waals surface area contributed by atoms with Crippen LogP contribution in [0.2, 0.25) is 5.02 Å². The molecule has 1 atom stereocenters. The van der Waals surface area contributed by atoms with Gasteiger partial charge in [0.25, 0.3) is 5.56 Å². The first-order chi connectivity index (χ1) is 10.1. The molecule has 0 fully saturated rings. The summed E-state index contributed by atoms with van der Waals surface area (Å²) in [7, 11) is 0. The van der Waals surface area contributed by atoms with Crippen LogP contribution in [0.3, 0.4) is 0 Å². The quantitative estimate of drug-likeness (QED) is 0.873. The molecule has 1 aromatic heterocycles. The number of aromatic nitrogens is 1. The normalized spacial score (nSPS) is 11.4. The molecule has 2 aromatic rings. The van der Waals surface area contributed by atoms with Gasteiger partial charge in [-0.15, -0.1) is 0 Å². The fourth-order valence-electron chi connectivity index (χ4n) is 2.03. The van der Waals surface area contributed by atoms with Gasteiger partial charge >= 0.3 is 0 Å². The SMILES string of the molecule is CC(C#N)Cn1c(-c2ccc(Cl)cc2)ccc(C#N)c1=O. The molecular weight excluding hydrogens is 286 g/mol. The molecule has 5 heteroatoms. The molecule has 0 spiro atoms. The predicted octanol–water partition coefficient (Wildman–Crippen LogP) is 3.20. The van der Waals surface area contributed by atoms with E-state index in [0.29, 0.717) is 10.7 Å². The second-order valence-electron chi connectivity index (χ2n) is 4.70. The van der Waals surface area contributed by atoms with Crippen molar-refractivity contribution >= 4 is 11.6 Å². The van der Waals surface area contributed by atoms with Gasteiger partial charge < -0.3 is 4.57 Å². The van der Waals surface area contributed by atoms with Crippen molar-refractivity contribution in [3.8, 4) is 23.4 Å². The summed E-state index contributed by atoms with van der Waals surface area (Å²) in [5, 5.41) is 18.6. The first kappa shape index (κ1) is 14.8. The highest BCUT2D eigenvalue weighted by molar-refractivity contribution is 6.30. The predicted molar refractivity (Wildman–Crippen MR) is 80.6 cm³/mol. The van der Waals surface area contributed by atoms with Crippen LogP contribution in [0.15, 0.2) is 41.2 Å². The molecule has 2 rings (SSSR count). The highest BCUT2D eigenvalue weighted by Gasteiger charge is 2.13. The molecule has 0 aliphatic carbocycles. The topological polar surface area (TPSA) is 69.6 Å². The number of benzene rings is 1. The molecule has 0 aliphatic heterocycles. The largest absolute Gasteiger partial charge is 0.306 e. The van der Waals surface area contributed by atoms with Crippen LogP contribution in [0.5, 0.6) is 0 Å². The van der Waals surface area contributed by atoms with Gasteiger partial charge in [-0.3, -0.25) is 4.79 Å². The van der Waals surface area contributed by atoms with Gasteiger partial charge in [0.05, 0.1) is 17.7 Å². The first-order valence-electron chi connectivity index (χ1n) is 6.36. The Balaban J connectivity index is 2.63. The number of halogens is 1. The molecular formula is C16H12ClN3O. The summed E-state index contributed by atoms with van der Waals surface area (Å²) in [6.07, 6.45) is 0. The van der Waals surface area contributed by atoms with Crippen molar-refractivity contribution in [3.05, 3.63) is 57.3 Å². The molecule has 0 bridgehead atoms. The lowest BCUT2D eigenvalue weighted by Crippen LogP contribution is -2.26. The zero-order valence-electron chi connectivity index (χ0n) is 11.4. The number of rotatable bonds is 3. The Morgan fingerprint density at radius 3 is 2.43 bits per heavy atom. The first-order valence-corrected chi connectivity index (χ1v) is 6.74. The summed E-state index contributed by atoms with van der Waals surface area (Å²) in [5.41, 5.74) is 1.16. The number of hydrogen-bond acceptors (Lipinski definition) is 3. The Bertz CT molecular complexity index is 794. The number of hydrogen-bond donors (Lipinski definition) is 0. The van der Waals surface area contributed by atoms with E-state index in [-0.39, 0.29) is 23.6 Å². The second kappa shape index (κ2) is 6.26. The Hall–Kier alpha value is -2.56. The molecule has 0 saturated heterocycles. The number of nitriles is 2. The van der Waals surface area contributed by atoms with Crippen LogP contribution in [0.25, 0.3) is 11.3 Å². The van der Waals surface area contributed by atoms with Crippen molar-refractivity contribution in [2.24, 2.45) is 5.92 Å². The van der Waals surface area contributed by atoms with Crippen LogP contribution in [0.4, 0.5) is 0 Å². The van der Waals surface area contributed by atoms with E-state index < -0.39 is 0 Å². The lowest BCUT2D eigenvalue weighted by molar-refractivity contribution is 0.568. The monoisotopic (exact) mass is 297 g/mol. The molecule has 0 aliphatic rings. The van der Waals surface area contributed by atoms with Crippen molar-refractivity contribution in [2.75, 3.05) is 0 Å². The molecule has 1 heterocycles. The van der Waals surface area contributed by atoms with Gasteiger partial charge in [-0.05, 0) is 36.8 Å². The summed E-state index contributed by atoms with van der Waals surface area (Å²) in [4.78, 5) is 12.3. The maximum absolute atomic E-state index is 12.3. The van der Waals surface area contributed by atoms with Crippen molar-refractivity contribution in [1.29, 1.82) is 10.5 Å². The van der Waals surface area contributed by atoms with E-state index in [1.54, 1.807) is 37.3 Å². The Morgan fingerprint density at radius 1 is 1.19 bits per heavy atom. The van der Waals surface area contributed by atoms with Crippen LogP contribution in [-0.2, 0) is 6.54 Å². The number of nitrogens with zero attached hydrogens (tertiary/aromatic N) is 3. The maximum atomic E-state index is 12.3. The Morgan fingerprint density at radius 2 is 1.86 bits per heavy atom. The smallest absolute Gasteiger partial charge is 0.268 e. The van der Waals surface area contributed by atoms with Gasteiger partial charge in [-0.25, -0.2) is 0 Å². The molecule has 1 unspecified atom stereocenters. The highest BCUT2D eigenvalue weighted by Crippen LogP contribution is 2.21. The molecule has 21 heavy (non-hydrogen) atoms. The van der Waals surface area contributed by atoms with Gasteiger partial charge in [-0.1, -0.05) is 23.7 Å². The van der Waals surface area contributed by atoms with Gasteiger partial charge in [0, 0.05) is 11.6 Å². The van der Waals surface area contributed by atoms with Crippen LogP contribution in [-0.4, -0.2) is 4.57 Å². The van der Waals surface area contributed by atoms with E-state index in [4.69, 9.17) is 22.1 Å². The van der Waals surface area contributed by atoms with Gasteiger partial charge in [0.15, 0.2) is 0 Å². The zero-order chi connectivity index (χ0) is 15.4. The zero-order valence-corrected chi connectivity index (χ0v) is 12.1. The summed E-state index contributed by atoms with van der Waals surface area (Å²) in [6, 6.07) is 14.3. The molecule has 0 amide bonds. The van der Waals surface area contributed by atoms with Crippen LogP contribution in [0.1, 0.15) is 12.5 Å². The second-order valence-corrected chi connectivity index (χ2v) is 5.13. The molecule has 104 valence electrons. The average Bonchev–Trinajstić information content (AvgIpc) is 2.50. The molecule has 1 aromatic carbocycles. The third-order valence-corrected chi connectivity index (χ3v) is 3.36. The summed E-state index contributed by atoms with van der Waals surface area (Å²) in [5.74, 6) is -0.331.